The summed E-state index contributed by atoms with van der Waals surface area (Å²) in [5.74, 6) is 1.89. The van der Waals surface area contributed by atoms with Gasteiger partial charge in [-0.1, -0.05) is 6.92 Å². The average Bonchev–Trinajstić information content (AvgIpc) is 3.30. The molecule has 0 spiro atoms. The van der Waals surface area contributed by atoms with Gasteiger partial charge in [-0.3, -0.25) is 9.89 Å². The summed E-state index contributed by atoms with van der Waals surface area (Å²) in [5.41, 5.74) is 0. The Morgan fingerprint density at radius 1 is 1.35 bits per heavy atom. The fourth-order valence-corrected chi connectivity index (χ4v) is 3.17. The van der Waals surface area contributed by atoms with Crippen LogP contribution in [0, 0.1) is 0 Å². The van der Waals surface area contributed by atoms with Crippen molar-refractivity contribution < 1.29 is 9.15 Å². The Hall–Kier alpha value is -0.800. The number of likely N-dealkylation sites (tertiary alicyclic amines) is 1. The minimum Gasteiger partial charge on any atom is -0.469 e. The number of hydrogen-bond donors (Lipinski definition) is 2. The van der Waals surface area contributed by atoms with E-state index in [0.29, 0.717) is 6.04 Å². The second kappa shape index (κ2) is 14.3. The van der Waals surface area contributed by atoms with E-state index in [4.69, 9.17) is 14.1 Å². The van der Waals surface area contributed by atoms with Crippen LogP contribution in [0.4, 0.5) is 0 Å². The van der Waals surface area contributed by atoms with Crippen molar-refractivity contribution in [1.82, 2.24) is 15.5 Å². The Kier molecular flexibility index (Phi) is 12.8. The number of halogens is 1. The highest BCUT2D eigenvalue weighted by Gasteiger charge is 2.22. The van der Waals surface area contributed by atoms with Gasteiger partial charge in [-0.05, 0) is 51.4 Å². The third-order valence-corrected chi connectivity index (χ3v) is 4.57. The van der Waals surface area contributed by atoms with Crippen LogP contribution in [-0.4, -0.2) is 62.8 Å². The van der Waals surface area contributed by atoms with E-state index in [2.05, 4.69) is 22.5 Å². The molecular formula is C19H35IN4O2. The van der Waals surface area contributed by atoms with Gasteiger partial charge in [0.25, 0.3) is 0 Å². The van der Waals surface area contributed by atoms with Crippen LogP contribution in [0.2, 0.25) is 0 Å². The topological polar surface area (TPSA) is 62.0 Å². The molecule has 1 aromatic heterocycles. The highest BCUT2D eigenvalue weighted by atomic mass is 127. The molecule has 1 atom stereocenters. The lowest BCUT2D eigenvalue weighted by atomic mass is 10.2. The van der Waals surface area contributed by atoms with Gasteiger partial charge in [0.2, 0.25) is 0 Å². The first-order valence-electron chi connectivity index (χ1n) is 9.69. The summed E-state index contributed by atoms with van der Waals surface area (Å²) in [5, 5.41) is 6.85. The van der Waals surface area contributed by atoms with Crippen molar-refractivity contribution in [3.63, 3.8) is 0 Å². The molecule has 7 heteroatoms. The highest BCUT2D eigenvalue weighted by molar-refractivity contribution is 14.0. The van der Waals surface area contributed by atoms with Crippen LogP contribution in [0.5, 0.6) is 0 Å². The van der Waals surface area contributed by atoms with Crippen LogP contribution in [0.15, 0.2) is 27.8 Å². The zero-order valence-corrected chi connectivity index (χ0v) is 18.5. The highest BCUT2D eigenvalue weighted by Crippen LogP contribution is 2.16. The zero-order valence-electron chi connectivity index (χ0n) is 16.2. The second-order valence-electron chi connectivity index (χ2n) is 6.35. The molecule has 1 aliphatic heterocycles. The molecule has 0 aliphatic carbocycles. The van der Waals surface area contributed by atoms with E-state index in [-0.39, 0.29) is 24.0 Å². The van der Waals surface area contributed by atoms with Crippen LogP contribution in [0.25, 0.3) is 0 Å². The van der Waals surface area contributed by atoms with E-state index in [1.165, 1.54) is 19.4 Å². The van der Waals surface area contributed by atoms with E-state index >= 15 is 0 Å². The van der Waals surface area contributed by atoms with Crippen LogP contribution in [-0.2, 0) is 11.2 Å². The number of nitrogens with one attached hydrogen (secondary N) is 2. The molecule has 26 heavy (non-hydrogen) atoms. The number of guanidine groups is 1. The number of furan rings is 1. The van der Waals surface area contributed by atoms with E-state index in [0.717, 1.165) is 64.0 Å². The van der Waals surface area contributed by atoms with Gasteiger partial charge in [0.1, 0.15) is 5.76 Å². The average molecular weight is 478 g/mol. The maximum Gasteiger partial charge on any atom is 0.191 e. The van der Waals surface area contributed by atoms with Gasteiger partial charge < -0.3 is 19.8 Å². The lowest BCUT2D eigenvalue weighted by Gasteiger charge is -2.21. The van der Waals surface area contributed by atoms with Crippen LogP contribution < -0.4 is 10.6 Å². The number of ether oxygens (including phenoxy) is 1. The summed E-state index contributed by atoms with van der Waals surface area (Å²) in [6.07, 6.45) is 6.10. The molecule has 1 aromatic rings. The van der Waals surface area contributed by atoms with E-state index in [9.17, 15) is 0 Å². The minimum absolute atomic E-state index is 0. The van der Waals surface area contributed by atoms with Crippen molar-refractivity contribution in [2.45, 2.75) is 45.6 Å². The van der Waals surface area contributed by atoms with Crippen LogP contribution >= 0.6 is 24.0 Å². The minimum atomic E-state index is 0. The third kappa shape index (κ3) is 8.73. The summed E-state index contributed by atoms with van der Waals surface area (Å²) >= 11 is 0. The van der Waals surface area contributed by atoms with Crippen LogP contribution in [0.1, 0.15) is 38.9 Å². The van der Waals surface area contributed by atoms with Gasteiger partial charge >= 0.3 is 0 Å². The van der Waals surface area contributed by atoms with Gasteiger partial charge in [0, 0.05) is 38.8 Å². The lowest BCUT2D eigenvalue weighted by molar-refractivity contribution is 0.145. The second-order valence-corrected chi connectivity index (χ2v) is 6.35. The first kappa shape index (κ1) is 23.2. The van der Waals surface area contributed by atoms with Crippen LogP contribution in [0.3, 0.4) is 0 Å². The van der Waals surface area contributed by atoms with Gasteiger partial charge in [0.15, 0.2) is 5.96 Å². The molecular weight excluding hydrogens is 443 g/mol. The molecule has 6 nitrogen and oxygen atoms in total. The van der Waals surface area contributed by atoms with E-state index < -0.39 is 0 Å². The van der Waals surface area contributed by atoms with Crippen molar-refractivity contribution >= 4 is 29.9 Å². The summed E-state index contributed by atoms with van der Waals surface area (Å²) in [6.45, 7) is 10.7. The summed E-state index contributed by atoms with van der Waals surface area (Å²) in [7, 11) is 0. The maximum absolute atomic E-state index is 5.40. The largest absolute Gasteiger partial charge is 0.469 e. The van der Waals surface area contributed by atoms with Crippen molar-refractivity contribution in [2.75, 3.05) is 45.9 Å². The number of nitrogens with zero attached hydrogens (tertiary/aromatic N) is 2. The molecule has 0 radical (unpaired) electrons. The standard InChI is InChI=1S/C19H34N4O2.HI/c1-3-23-13-5-8-17(23)16-22-19(20-11-7-14-24-4-2)21-12-10-18-9-6-15-25-18;/h6,9,15,17H,3-5,7-8,10-14,16H2,1-2H3,(H2,20,21,22);1H. The number of likely N-dealkylation sites (N-methyl/N-ethyl adjacent to an activating group) is 1. The van der Waals surface area contributed by atoms with Crippen molar-refractivity contribution in [3.8, 4) is 0 Å². The lowest BCUT2D eigenvalue weighted by Crippen LogP contribution is -2.40. The third-order valence-electron chi connectivity index (χ3n) is 4.57. The normalized spacial score (nSPS) is 17.9. The fourth-order valence-electron chi connectivity index (χ4n) is 3.17. The molecule has 1 aliphatic rings. The number of hydrogen-bond acceptors (Lipinski definition) is 4. The predicted octanol–water partition coefficient (Wildman–Crippen LogP) is 2.89. The molecule has 1 unspecified atom stereocenters. The Morgan fingerprint density at radius 2 is 2.19 bits per heavy atom. The molecule has 2 heterocycles. The first-order chi connectivity index (χ1) is 12.3. The van der Waals surface area contributed by atoms with Crippen molar-refractivity contribution in [3.05, 3.63) is 24.2 Å². The summed E-state index contributed by atoms with van der Waals surface area (Å²) in [6, 6.07) is 4.51. The first-order valence-corrected chi connectivity index (χ1v) is 9.69. The summed E-state index contributed by atoms with van der Waals surface area (Å²) < 4.78 is 10.8. The Bertz CT molecular complexity index is 482. The molecule has 0 aromatic carbocycles. The molecule has 0 amide bonds. The molecule has 2 N–H and O–H groups in total. The predicted molar refractivity (Wildman–Crippen MR) is 118 cm³/mol. The number of rotatable bonds is 11. The molecule has 0 bridgehead atoms. The molecule has 2 rings (SSSR count). The van der Waals surface area contributed by atoms with E-state index in [1.807, 2.05) is 19.1 Å². The quantitative estimate of drug-likeness (QED) is 0.222. The smallest absolute Gasteiger partial charge is 0.191 e. The molecule has 1 saturated heterocycles. The van der Waals surface area contributed by atoms with Gasteiger partial charge in [0.05, 0.1) is 12.8 Å². The van der Waals surface area contributed by atoms with Gasteiger partial charge in [-0.15, -0.1) is 24.0 Å². The molecule has 1 fully saturated rings. The van der Waals surface area contributed by atoms with Gasteiger partial charge in [-0.2, -0.15) is 0 Å². The molecule has 0 saturated carbocycles. The summed E-state index contributed by atoms with van der Waals surface area (Å²) in [4.78, 5) is 7.35. The number of aliphatic imine (C=N–C) groups is 1. The molecule has 150 valence electrons. The SMILES string of the molecule is CCOCCCNC(=NCC1CCCN1CC)NCCc1ccco1.I. The van der Waals surface area contributed by atoms with Crippen molar-refractivity contribution in [1.29, 1.82) is 0 Å². The van der Waals surface area contributed by atoms with Gasteiger partial charge in [-0.25, -0.2) is 0 Å². The fraction of sp³-hybridized carbons (Fsp3) is 0.737. The maximum atomic E-state index is 5.40. The van der Waals surface area contributed by atoms with E-state index in [1.54, 1.807) is 6.26 Å². The Labute approximate surface area is 175 Å². The Morgan fingerprint density at radius 3 is 2.92 bits per heavy atom. The van der Waals surface area contributed by atoms with Crippen molar-refractivity contribution in [2.24, 2.45) is 4.99 Å². The monoisotopic (exact) mass is 478 g/mol. The Balaban J connectivity index is 0.00000338. The zero-order chi connectivity index (χ0) is 17.7.